The van der Waals surface area contributed by atoms with Crippen LogP contribution in [0.25, 0.3) is 0 Å². The highest BCUT2D eigenvalue weighted by Gasteiger charge is 2.44. The lowest BCUT2D eigenvalue weighted by Gasteiger charge is -2.19. The number of alkyl carbamates (subject to hydrolysis) is 1. The van der Waals surface area contributed by atoms with Crippen LogP contribution in [0, 0.1) is 5.92 Å². The Morgan fingerprint density at radius 3 is 2.40 bits per heavy atom. The summed E-state index contributed by atoms with van der Waals surface area (Å²) in [7, 11) is 1.59. The van der Waals surface area contributed by atoms with Gasteiger partial charge in [0.1, 0.15) is 5.60 Å². The van der Waals surface area contributed by atoms with Crippen molar-refractivity contribution in [2.24, 2.45) is 5.92 Å². The van der Waals surface area contributed by atoms with Gasteiger partial charge in [0.25, 0.3) is 0 Å². The summed E-state index contributed by atoms with van der Waals surface area (Å²) in [5.74, 6) is -0.126. The maximum absolute atomic E-state index is 11.3. The van der Waals surface area contributed by atoms with Gasteiger partial charge in [-0.2, -0.15) is 0 Å². The average molecular weight is 214 g/mol. The normalized spacial score (nSPS) is 24.3. The molecule has 15 heavy (non-hydrogen) atoms. The predicted octanol–water partition coefficient (Wildman–Crippen LogP) is 0.646. The van der Waals surface area contributed by atoms with Gasteiger partial charge in [-0.25, -0.2) is 4.79 Å². The highest BCUT2D eigenvalue weighted by atomic mass is 16.6. The Hall–Kier alpha value is -1.26. The van der Waals surface area contributed by atoms with Crippen LogP contribution in [0.4, 0.5) is 4.79 Å². The van der Waals surface area contributed by atoms with Crippen molar-refractivity contribution < 1.29 is 14.3 Å². The van der Waals surface area contributed by atoms with Crippen LogP contribution < -0.4 is 10.6 Å². The zero-order valence-electron chi connectivity index (χ0n) is 9.59. The van der Waals surface area contributed by atoms with E-state index in [0.29, 0.717) is 6.42 Å². The van der Waals surface area contributed by atoms with Crippen LogP contribution in [0.5, 0.6) is 0 Å². The molecule has 5 heteroatoms. The molecule has 0 radical (unpaired) electrons. The molecule has 1 fully saturated rings. The molecule has 86 valence electrons. The minimum Gasteiger partial charge on any atom is -0.444 e. The Kier molecular flexibility index (Phi) is 3.21. The summed E-state index contributed by atoms with van der Waals surface area (Å²) >= 11 is 0. The van der Waals surface area contributed by atoms with Gasteiger partial charge in [0.2, 0.25) is 5.91 Å². The predicted molar refractivity (Wildman–Crippen MR) is 55.3 cm³/mol. The lowest BCUT2D eigenvalue weighted by molar-refractivity contribution is -0.121. The molecular weight excluding hydrogens is 196 g/mol. The van der Waals surface area contributed by atoms with Crippen LogP contribution >= 0.6 is 0 Å². The number of carbonyl (C=O) groups is 2. The molecule has 0 aliphatic heterocycles. The van der Waals surface area contributed by atoms with Gasteiger partial charge in [0, 0.05) is 13.1 Å². The van der Waals surface area contributed by atoms with E-state index in [4.69, 9.17) is 4.74 Å². The molecule has 0 heterocycles. The van der Waals surface area contributed by atoms with Gasteiger partial charge >= 0.3 is 6.09 Å². The number of hydrogen-bond acceptors (Lipinski definition) is 3. The molecule has 2 amide bonds. The molecule has 0 aromatic heterocycles. The van der Waals surface area contributed by atoms with Crippen molar-refractivity contribution in [3.05, 3.63) is 0 Å². The van der Waals surface area contributed by atoms with E-state index in [9.17, 15) is 9.59 Å². The smallest absolute Gasteiger partial charge is 0.407 e. The van der Waals surface area contributed by atoms with Crippen LogP contribution in [-0.2, 0) is 9.53 Å². The van der Waals surface area contributed by atoms with Crippen molar-refractivity contribution in [1.82, 2.24) is 10.6 Å². The van der Waals surface area contributed by atoms with Crippen molar-refractivity contribution in [2.75, 3.05) is 7.05 Å². The first kappa shape index (κ1) is 11.8. The number of rotatable bonds is 2. The van der Waals surface area contributed by atoms with E-state index in [1.165, 1.54) is 0 Å². The summed E-state index contributed by atoms with van der Waals surface area (Å²) in [5, 5.41) is 5.20. The quantitative estimate of drug-likeness (QED) is 0.709. The molecule has 0 bridgehead atoms. The van der Waals surface area contributed by atoms with E-state index in [2.05, 4.69) is 10.6 Å². The number of nitrogens with one attached hydrogen (secondary N) is 2. The van der Waals surface area contributed by atoms with Gasteiger partial charge in [-0.05, 0) is 27.2 Å². The molecule has 0 aromatic rings. The van der Waals surface area contributed by atoms with Gasteiger partial charge in [-0.1, -0.05) is 0 Å². The minimum absolute atomic E-state index is 0.0314. The van der Waals surface area contributed by atoms with Gasteiger partial charge in [-0.15, -0.1) is 0 Å². The Morgan fingerprint density at radius 2 is 1.93 bits per heavy atom. The highest BCUT2D eigenvalue weighted by molar-refractivity contribution is 5.83. The number of hydrogen-bond donors (Lipinski definition) is 2. The summed E-state index contributed by atoms with van der Waals surface area (Å²) in [6, 6.07) is -0.0696. The molecule has 1 aliphatic carbocycles. The van der Waals surface area contributed by atoms with E-state index >= 15 is 0 Å². The summed E-state index contributed by atoms with van der Waals surface area (Å²) in [5.41, 5.74) is -0.499. The largest absolute Gasteiger partial charge is 0.444 e. The van der Waals surface area contributed by atoms with Crippen LogP contribution in [0.15, 0.2) is 0 Å². The number of ether oxygens (including phenoxy) is 1. The second-order valence-electron chi connectivity index (χ2n) is 4.71. The van der Waals surface area contributed by atoms with Crippen LogP contribution in [0.1, 0.15) is 27.2 Å². The summed E-state index contributed by atoms with van der Waals surface area (Å²) in [4.78, 5) is 22.4. The first-order valence-electron chi connectivity index (χ1n) is 5.04. The maximum atomic E-state index is 11.3. The van der Waals surface area contributed by atoms with E-state index in [-0.39, 0.29) is 17.9 Å². The first-order valence-corrected chi connectivity index (χ1v) is 5.04. The first-order chi connectivity index (χ1) is 6.83. The summed E-state index contributed by atoms with van der Waals surface area (Å²) in [6.07, 6.45) is 0.234. The third-order valence-electron chi connectivity index (χ3n) is 2.08. The monoisotopic (exact) mass is 214 g/mol. The Labute approximate surface area is 89.6 Å². The zero-order chi connectivity index (χ0) is 11.6. The molecular formula is C10H18N2O3. The van der Waals surface area contributed by atoms with Crippen molar-refractivity contribution in [2.45, 2.75) is 38.8 Å². The molecule has 2 unspecified atom stereocenters. The van der Waals surface area contributed by atoms with Crippen LogP contribution in [0.3, 0.4) is 0 Å². The van der Waals surface area contributed by atoms with Gasteiger partial charge < -0.3 is 15.4 Å². The van der Waals surface area contributed by atoms with Crippen molar-refractivity contribution in [3.63, 3.8) is 0 Å². The lowest BCUT2D eigenvalue weighted by Crippen LogP contribution is -2.35. The topological polar surface area (TPSA) is 67.4 Å². The molecule has 5 nitrogen and oxygen atoms in total. The van der Waals surface area contributed by atoms with Crippen LogP contribution in [0.2, 0.25) is 0 Å². The summed E-state index contributed by atoms with van der Waals surface area (Å²) in [6.45, 7) is 5.40. The fourth-order valence-corrected chi connectivity index (χ4v) is 1.29. The fourth-order valence-electron chi connectivity index (χ4n) is 1.29. The van der Waals surface area contributed by atoms with Gasteiger partial charge in [-0.3, -0.25) is 4.79 Å². The standard InChI is InChI=1S/C10H18N2O3/c1-10(2,3)15-9(14)12-7-5-6(7)8(13)11-4/h6-7H,5H2,1-4H3,(H,11,13)(H,12,14). The molecule has 2 atom stereocenters. The minimum atomic E-state index is -0.499. The zero-order valence-corrected chi connectivity index (χ0v) is 9.59. The molecule has 1 aliphatic rings. The van der Waals surface area contributed by atoms with E-state index < -0.39 is 11.7 Å². The van der Waals surface area contributed by atoms with Crippen molar-refractivity contribution in [3.8, 4) is 0 Å². The number of carbonyl (C=O) groups excluding carboxylic acids is 2. The van der Waals surface area contributed by atoms with Crippen LogP contribution in [-0.4, -0.2) is 30.7 Å². The van der Waals surface area contributed by atoms with E-state index in [1.54, 1.807) is 27.8 Å². The second-order valence-corrected chi connectivity index (χ2v) is 4.71. The highest BCUT2D eigenvalue weighted by Crippen LogP contribution is 2.30. The maximum Gasteiger partial charge on any atom is 0.407 e. The van der Waals surface area contributed by atoms with Gasteiger partial charge in [0.05, 0.1) is 5.92 Å². The Morgan fingerprint density at radius 1 is 1.33 bits per heavy atom. The molecule has 1 saturated carbocycles. The molecule has 0 saturated heterocycles. The third-order valence-corrected chi connectivity index (χ3v) is 2.08. The lowest BCUT2D eigenvalue weighted by atomic mass is 10.2. The molecule has 2 N–H and O–H groups in total. The third kappa shape index (κ3) is 3.77. The Bertz CT molecular complexity index is 270. The average Bonchev–Trinajstić information content (AvgIpc) is 2.79. The van der Waals surface area contributed by atoms with Crippen molar-refractivity contribution >= 4 is 12.0 Å². The molecule has 1 rings (SSSR count). The molecule has 0 aromatic carbocycles. The Balaban J connectivity index is 2.28. The van der Waals surface area contributed by atoms with E-state index in [0.717, 1.165) is 0 Å². The van der Waals surface area contributed by atoms with E-state index in [1.807, 2.05) is 0 Å². The fraction of sp³-hybridized carbons (Fsp3) is 0.800. The SMILES string of the molecule is CNC(=O)C1CC1NC(=O)OC(C)(C)C. The number of amides is 2. The summed E-state index contributed by atoms with van der Waals surface area (Å²) < 4.78 is 5.07. The van der Waals surface area contributed by atoms with Gasteiger partial charge in [0.15, 0.2) is 0 Å². The second kappa shape index (κ2) is 4.08. The molecule has 0 spiro atoms. The van der Waals surface area contributed by atoms with Crippen molar-refractivity contribution in [1.29, 1.82) is 0 Å².